The van der Waals surface area contributed by atoms with Crippen LogP contribution in [0.15, 0.2) is 18.2 Å². The Morgan fingerprint density at radius 2 is 1.94 bits per heavy atom. The average Bonchev–Trinajstić information content (AvgIpc) is 2.15. The van der Waals surface area contributed by atoms with E-state index in [2.05, 4.69) is 0 Å². The minimum atomic E-state index is -4.74. The van der Waals surface area contributed by atoms with Crippen LogP contribution in [0.25, 0.3) is 0 Å². The molecule has 1 aromatic carbocycles. The molecule has 0 aliphatic carbocycles. The van der Waals surface area contributed by atoms with Crippen LogP contribution in [-0.4, -0.2) is 14.7 Å². The largest absolute Gasteiger partial charge is 0.416 e. The molecule has 1 atom stereocenters. The van der Waals surface area contributed by atoms with Gasteiger partial charge in [0.05, 0.1) is 11.1 Å². The molecule has 17 heavy (non-hydrogen) atoms. The smallest absolute Gasteiger partial charge is 0.289 e. The third kappa shape index (κ3) is 3.49. The first kappa shape index (κ1) is 13.6. The van der Waals surface area contributed by atoms with E-state index in [0.29, 0.717) is 12.1 Å². The molecule has 0 bridgehead atoms. The van der Waals surface area contributed by atoms with Crippen molar-refractivity contribution in [1.29, 1.82) is 0 Å². The van der Waals surface area contributed by atoms with Gasteiger partial charge in [-0.25, -0.2) is 13.3 Å². The van der Waals surface area contributed by atoms with Gasteiger partial charge >= 0.3 is 6.18 Å². The number of rotatable bonds is 2. The number of alkyl halides is 3. The highest BCUT2D eigenvalue weighted by molar-refractivity contribution is 7.77. The monoisotopic (exact) mass is 271 g/mol. The van der Waals surface area contributed by atoms with Crippen LogP contribution in [0.1, 0.15) is 15.9 Å². The highest BCUT2D eigenvalue weighted by atomic mass is 32.2. The van der Waals surface area contributed by atoms with Crippen molar-refractivity contribution in [2.45, 2.75) is 6.18 Å². The Morgan fingerprint density at radius 3 is 2.41 bits per heavy atom. The lowest BCUT2D eigenvalue weighted by Gasteiger charge is -2.08. The Hall–Kier alpha value is -1.48. The fraction of sp³-hybridized carbons (Fsp3) is 0.125. The summed E-state index contributed by atoms with van der Waals surface area (Å²) in [7, 11) is 0. The maximum Gasteiger partial charge on any atom is 0.416 e. The van der Waals surface area contributed by atoms with E-state index in [4.69, 9.17) is 4.55 Å². The summed E-state index contributed by atoms with van der Waals surface area (Å²) in [5.74, 6) is -2.63. The van der Waals surface area contributed by atoms with Gasteiger partial charge in [0.1, 0.15) is 5.82 Å². The molecular weight excluding hydrogens is 266 g/mol. The van der Waals surface area contributed by atoms with Crippen molar-refractivity contribution in [3.05, 3.63) is 35.1 Å². The summed E-state index contributed by atoms with van der Waals surface area (Å²) in [6.07, 6.45) is -4.74. The zero-order valence-electron chi connectivity index (χ0n) is 7.92. The van der Waals surface area contributed by atoms with Crippen molar-refractivity contribution >= 4 is 17.2 Å². The third-order valence-corrected chi connectivity index (χ3v) is 2.08. The molecule has 0 spiro atoms. The highest BCUT2D eigenvalue weighted by Gasteiger charge is 2.32. The molecule has 0 heterocycles. The maximum atomic E-state index is 13.0. The van der Waals surface area contributed by atoms with E-state index in [-0.39, 0.29) is 6.07 Å². The minimum Gasteiger partial charge on any atom is -0.289 e. The van der Waals surface area contributed by atoms with Crippen molar-refractivity contribution in [3.8, 4) is 0 Å². The van der Waals surface area contributed by atoms with E-state index in [1.54, 1.807) is 0 Å². The number of amides is 1. The topological polar surface area (TPSA) is 66.4 Å². The Balaban J connectivity index is 3.15. The van der Waals surface area contributed by atoms with E-state index >= 15 is 0 Å². The zero-order valence-corrected chi connectivity index (χ0v) is 8.73. The number of nitrogens with one attached hydrogen (secondary N) is 1. The Labute approximate surface area is 95.0 Å². The second-order valence-corrected chi connectivity index (χ2v) is 3.58. The summed E-state index contributed by atoms with van der Waals surface area (Å²) in [4.78, 5) is 11.1. The van der Waals surface area contributed by atoms with Crippen molar-refractivity contribution in [1.82, 2.24) is 4.72 Å². The first-order valence-corrected chi connectivity index (χ1v) is 5.11. The number of benzene rings is 1. The summed E-state index contributed by atoms with van der Waals surface area (Å²) < 4.78 is 69.7. The van der Waals surface area contributed by atoms with E-state index in [1.807, 2.05) is 0 Å². The van der Waals surface area contributed by atoms with Crippen LogP contribution < -0.4 is 4.72 Å². The molecule has 9 heteroatoms. The highest BCUT2D eigenvalue weighted by Crippen LogP contribution is 2.30. The quantitative estimate of drug-likeness (QED) is 0.635. The number of carbonyl (C=O) groups excluding carboxylic acids is 1. The molecule has 0 saturated carbocycles. The van der Waals surface area contributed by atoms with Crippen molar-refractivity contribution in [2.75, 3.05) is 0 Å². The predicted octanol–water partition coefficient (Wildman–Crippen LogP) is 1.71. The van der Waals surface area contributed by atoms with Gasteiger partial charge in [0.2, 0.25) is 0 Å². The number of halogens is 4. The molecule has 4 nitrogen and oxygen atoms in total. The molecule has 1 unspecified atom stereocenters. The molecule has 1 rings (SSSR count). The Morgan fingerprint density at radius 1 is 1.35 bits per heavy atom. The molecule has 0 aliphatic rings. The van der Waals surface area contributed by atoms with Crippen LogP contribution in [0, 0.1) is 5.82 Å². The summed E-state index contributed by atoms with van der Waals surface area (Å²) in [5, 5.41) is 0. The van der Waals surface area contributed by atoms with Crippen molar-refractivity contribution < 1.29 is 31.1 Å². The molecule has 1 amide bonds. The summed E-state index contributed by atoms with van der Waals surface area (Å²) in [6, 6.07) is 1.18. The summed E-state index contributed by atoms with van der Waals surface area (Å²) >= 11 is -2.78. The van der Waals surface area contributed by atoms with E-state index in [0.717, 1.165) is 0 Å². The maximum absolute atomic E-state index is 13.0. The Kier molecular flexibility index (Phi) is 3.83. The van der Waals surface area contributed by atoms with Crippen LogP contribution in [0.2, 0.25) is 0 Å². The van der Waals surface area contributed by atoms with E-state index in [1.165, 1.54) is 4.72 Å². The lowest BCUT2D eigenvalue weighted by molar-refractivity contribution is -0.137. The van der Waals surface area contributed by atoms with Gasteiger partial charge < -0.3 is 0 Å². The van der Waals surface area contributed by atoms with E-state index < -0.39 is 40.3 Å². The molecule has 0 aliphatic heterocycles. The van der Waals surface area contributed by atoms with Gasteiger partial charge in [-0.05, 0) is 18.2 Å². The Bertz CT molecular complexity index is 474. The molecule has 94 valence electrons. The molecule has 0 aromatic heterocycles. The van der Waals surface area contributed by atoms with E-state index in [9.17, 15) is 26.6 Å². The van der Waals surface area contributed by atoms with Gasteiger partial charge in [-0.3, -0.25) is 9.35 Å². The predicted molar refractivity (Wildman–Crippen MR) is 49.6 cm³/mol. The molecule has 0 radical (unpaired) electrons. The van der Waals surface area contributed by atoms with Crippen LogP contribution in [-0.2, 0) is 17.4 Å². The summed E-state index contributed by atoms with van der Waals surface area (Å²) in [6.45, 7) is 0. The van der Waals surface area contributed by atoms with Crippen LogP contribution >= 0.6 is 0 Å². The fourth-order valence-corrected chi connectivity index (χ4v) is 1.28. The van der Waals surface area contributed by atoms with Gasteiger partial charge in [0.25, 0.3) is 17.2 Å². The normalized spacial score (nSPS) is 13.2. The minimum absolute atomic E-state index is 0.261. The zero-order chi connectivity index (χ0) is 13.2. The fourth-order valence-electron chi connectivity index (χ4n) is 1.01. The number of hydrogen-bond acceptors (Lipinski definition) is 2. The molecule has 1 aromatic rings. The van der Waals surface area contributed by atoms with Gasteiger partial charge in [-0.2, -0.15) is 13.2 Å². The average molecular weight is 271 g/mol. The second-order valence-electron chi connectivity index (χ2n) is 2.87. The molecule has 0 fully saturated rings. The second kappa shape index (κ2) is 4.80. The molecule has 2 N–H and O–H groups in total. The molecule has 0 saturated heterocycles. The van der Waals surface area contributed by atoms with Crippen molar-refractivity contribution in [3.63, 3.8) is 0 Å². The first-order chi connectivity index (χ1) is 7.71. The van der Waals surface area contributed by atoms with Crippen LogP contribution in [0.5, 0.6) is 0 Å². The van der Waals surface area contributed by atoms with Gasteiger partial charge in [-0.1, -0.05) is 0 Å². The number of hydrogen-bond donors (Lipinski definition) is 2. The lowest BCUT2D eigenvalue weighted by atomic mass is 10.1. The molecular formula is C8H5F4NO3S. The van der Waals surface area contributed by atoms with Gasteiger partial charge in [-0.15, -0.1) is 0 Å². The number of carbonyl (C=O) groups is 1. The SMILES string of the molecule is O=C(NS(=O)O)c1cc(C(F)(F)F)ccc1F. The first-order valence-electron chi connectivity index (χ1n) is 4.00. The van der Waals surface area contributed by atoms with Crippen molar-refractivity contribution in [2.24, 2.45) is 0 Å². The third-order valence-electron chi connectivity index (χ3n) is 1.72. The van der Waals surface area contributed by atoms with Gasteiger partial charge in [0.15, 0.2) is 0 Å². The van der Waals surface area contributed by atoms with Crippen LogP contribution in [0.4, 0.5) is 17.6 Å². The summed E-state index contributed by atoms with van der Waals surface area (Å²) in [5.41, 5.74) is -2.19. The van der Waals surface area contributed by atoms with Gasteiger partial charge in [0, 0.05) is 0 Å². The van der Waals surface area contributed by atoms with Crippen LogP contribution in [0.3, 0.4) is 0 Å². The lowest BCUT2D eigenvalue weighted by Crippen LogP contribution is -2.26. The standard InChI is InChI=1S/C8H5F4NO3S/c9-6-2-1-4(8(10,11)12)3-5(6)7(14)13-17(15)16/h1-3H,(H,13,14)(H,15,16).